The molecule has 28 heavy (non-hydrogen) atoms. The van der Waals surface area contributed by atoms with Crippen LogP contribution in [0, 0.1) is 18.4 Å². The van der Waals surface area contributed by atoms with Gasteiger partial charge in [0, 0.05) is 34.1 Å². The van der Waals surface area contributed by atoms with E-state index < -0.39 is 10.0 Å². The highest BCUT2D eigenvalue weighted by molar-refractivity contribution is 9.11. The van der Waals surface area contributed by atoms with Gasteiger partial charge < -0.3 is 4.90 Å². The van der Waals surface area contributed by atoms with Gasteiger partial charge in [-0.25, -0.2) is 8.42 Å². The zero-order valence-electron chi connectivity index (χ0n) is 15.6. The van der Waals surface area contributed by atoms with Crippen LogP contribution in [0.25, 0.3) is 0 Å². The van der Waals surface area contributed by atoms with Crippen LogP contribution in [-0.2, 0) is 16.6 Å². The molecule has 0 saturated carbocycles. The topological polar surface area (TPSA) is 64.4 Å². The average Bonchev–Trinajstić information content (AvgIpc) is 3.03. The molecule has 0 radical (unpaired) electrons. The number of benzene rings is 2. The first-order valence-electron chi connectivity index (χ1n) is 8.91. The molecule has 1 aliphatic heterocycles. The number of aryl methyl sites for hydroxylation is 1. The Balaban J connectivity index is 2.03. The highest BCUT2D eigenvalue weighted by Gasteiger charge is 2.39. The van der Waals surface area contributed by atoms with Gasteiger partial charge >= 0.3 is 0 Å². The molecule has 2 aromatic rings. The number of rotatable bonds is 5. The maximum absolute atomic E-state index is 13.6. The second-order valence-corrected chi connectivity index (χ2v) is 10.7. The van der Waals surface area contributed by atoms with Crippen LogP contribution in [0.4, 0.5) is 0 Å². The molecule has 0 aliphatic carbocycles. The molecule has 0 amide bonds. The Morgan fingerprint density at radius 1 is 1.21 bits per heavy atom. The number of nitrogens with zero attached hydrogens (tertiary/aromatic N) is 3. The lowest BCUT2D eigenvalue weighted by atomic mass is 10.1. The van der Waals surface area contributed by atoms with Crippen molar-refractivity contribution in [3.05, 3.63) is 62.5 Å². The molecule has 5 nitrogen and oxygen atoms in total. The highest BCUT2D eigenvalue weighted by Crippen LogP contribution is 2.33. The van der Waals surface area contributed by atoms with Crippen molar-refractivity contribution in [2.24, 2.45) is 0 Å². The summed E-state index contributed by atoms with van der Waals surface area (Å²) in [5, 5.41) is 9.35. The summed E-state index contributed by atoms with van der Waals surface area (Å²) in [4.78, 5) is 1.87. The predicted molar refractivity (Wildman–Crippen MR) is 116 cm³/mol. The Hall–Kier alpha value is -1.40. The van der Waals surface area contributed by atoms with Gasteiger partial charge in [0.15, 0.2) is 6.19 Å². The van der Waals surface area contributed by atoms with Crippen molar-refractivity contribution in [3.8, 4) is 6.19 Å². The van der Waals surface area contributed by atoms with Crippen LogP contribution in [0.2, 0.25) is 0 Å². The summed E-state index contributed by atoms with van der Waals surface area (Å²) in [6.07, 6.45) is 2.79. The van der Waals surface area contributed by atoms with Crippen LogP contribution in [0.3, 0.4) is 0 Å². The molecule has 0 N–H and O–H groups in total. The third kappa shape index (κ3) is 4.43. The maximum atomic E-state index is 13.6. The molecule has 0 bridgehead atoms. The second-order valence-electron chi connectivity index (χ2n) is 7.10. The molecule has 1 fully saturated rings. The molecule has 2 aromatic carbocycles. The van der Waals surface area contributed by atoms with Gasteiger partial charge in [0.05, 0.1) is 4.90 Å². The normalized spacial score (nSPS) is 19.8. The number of likely N-dealkylation sites (tertiary alicyclic amines) is 1. The van der Waals surface area contributed by atoms with Crippen molar-refractivity contribution >= 4 is 41.9 Å². The second kappa shape index (κ2) is 8.54. The van der Waals surface area contributed by atoms with Crippen molar-refractivity contribution in [2.45, 2.75) is 43.8 Å². The molecule has 8 heteroatoms. The fraction of sp³-hybridized carbons (Fsp3) is 0.350. The Morgan fingerprint density at radius 3 is 2.50 bits per heavy atom. The van der Waals surface area contributed by atoms with Crippen LogP contribution >= 0.6 is 31.9 Å². The summed E-state index contributed by atoms with van der Waals surface area (Å²) < 4.78 is 30.0. The molecule has 0 unspecified atom stereocenters. The number of nitriles is 1. The van der Waals surface area contributed by atoms with Gasteiger partial charge in [-0.2, -0.15) is 9.57 Å². The minimum atomic E-state index is -3.78. The van der Waals surface area contributed by atoms with Gasteiger partial charge in [0.1, 0.15) is 0 Å². The van der Waals surface area contributed by atoms with Crippen LogP contribution in [0.15, 0.2) is 56.3 Å². The Morgan fingerprint density at radius 2 is 1.89 bits per heavy atom. The van der Waals surface area contributed by atoms with E-state index in [0.717, 1.165) is 11.1 Å². The Labute approximate surface area is 183 Å². The van der Waals surface area contributed by atoms with E-state index in [1.54, 1.807) is 23.1 Å². The van der Waals surface area contributed by atoms with Crippen LogP contribution in [0.1, 0.15) is 24.5 Å². The molecular weight excluding hydrogens is 506 g/mol. The molecule has 148 valence electrons. The van der Waals surface area contributed by atoms with E-state index in [0.29, 0.717) is 21.9 Å². The summed E-state index contributed by atoms with van der Waals surface area (Å²) in [6, 6.07) is 12.7. The van der Waals surface area contributed by atoms with Gasteiger partial charge in [0.25, 0.3) is 0 Å². The van der Waals surface area contributed by atoms with E-state index in [9.17, 15) is 13.7 Å². The zero-order valence-corrected chi connectivity index (χ0v) is 19.6. The fourth-order valence-electron chi connectivity index (χ4n) is 3.44. The van der Waals surface area contributed by atoms with Crippen molar-refractivity contribution in [1.82, 2.24) is 9.21 Å². The number of hydrogen-bond donors (Lipinski definition) is 0. The van der Waals surface area contributed by atoms with E-state index in [4.69, 9.17) is 0 Å². The number of sulfonamides is 1. The highest BCUT2D eigenvalue weighted by atomic mass is 79.9. The monoisotopic (exact) mass is 525 g/mol. The van der Waals surface area contributed by atoms with Gasteiger partial charge in [-0.05, 0) is 60.0 Å². The van der Waals surface area contributed by atoms with E-state index >= 15 is 0 Å². The molecule has 1 aliphatic rings. The first-order valence-corrected chi connectivity index (χ1v) is 11.9. The summed E-state index contributed by atoms with van der Waals surface area (Å²) >= 11 is 6.76. The average molecular weight is 527 g/mol. The lowest BCUT2D eigenvalue weighted by molar-refractivity contribution is 0.313. The summed E-state index contributed by atoms with van der Waals surface area (Å²) in [6.45, 7) is 4.61. The molecule has 1 saturated heterocycles. The van der Waals surface area contributed by atoms with Crippen LogP contribution in [0.5, 0.6) is 0 Å². The van der Waals surface area contributed by atoms with Crippen molar-refractivity contribution < 1.29 is 8.42 Å². The molecule has 0 aromatic heterocycles. The molecular formula is C20H21Br2N3O2S. The van der Waals surface area contributed by atoms with E-state index in [1.807, 2.05) is 38.1 Å². The minimum Gasteiger partial charge on any atom is -0.306 e. The minimum absolute atomic E-state index is 0.0108. The van der Waals surface area contributed by atoms with E-state index in [-0.39, 0.29) is 23.5 Å². The standard InChI is InChI=1S/C20H21Br2N3O2S/c1-14-3-5-16(6-4-14)11-25(18-9-15(2)24(12-18)13-23)28(26,27)20-10-17(21)7-8-19(20)22/h3-8,10,15,18H,9,11-12H2,1-2H3/t15-,18+/m0/s1. The lowest BCUT2D eigenvalue weighted by Crippen LogP contribution is -2.41. The van der Waals surface area contributed by atoms with Crippen molar-refractivity contribution in [2.75, 3.05) is 6.54 Å². The SMILES string of the molecule is Cc1ccc(CN([C@@H]2C[C@H](C)N(C#N)C2)S(=O)(=O)c2cc(Br)ccc2Br)cc1. The first kappa shape index (κ1) is 21.3. The third-order valence-electron chi connectivity index (χ3n) is 5.03. The van der Waals surface area contributed by atoms with Gasteiger partial charge in [-0.1, -0.05) is 45.8 Å². The van der Waals surface area contributed by atoms with Crippen LogP contribution in [-0.4, -0.2) is 36.3 Å². The molecule has 2 atom stereocenters. The third-order valence-corrected chi connectivity index (χ3v) is 8.41. The summed E-state index contributed by atoms with van der Waals surface area (Å²) in [5.74, 6) is 0. The van der Waals surface area contributed by atoms with E-state index in [1.165, 1.54) is 4.31 Å². The van der Waals surface area contributed by atoms with Gasteiger partial charge in [0.2, 0.25) is 10.0 Å². The van der Waals surface area contributed by atoms with E-state index in [2.05, 4.69) is 38.1 Å². The van der Waals surface area contributed by atoms with Crippen molar-refractivity contribution in [3.63, 3.8) is 0 Å². The summed E-state index contributed by atoms with van der Waals surface area (Å²) in [5.41, 5.74) is 2.04. The van der Waals surface area contributed by atoms with Crippen LogP contribution < -0.4 is 0 Å². The lowest BCUT2D eigenvalue weighted by Gasteiger charge is -2.28. The first-order chi connectivity index (χ1) is 13.2. The fourth-order valence-corrected chi connectivity index (χ4v) is 6.52. The van der Waals surface area contributed by atoms with Crippen molar-refractivity contribution in [1.29, 1.82) is 5.26 Å². The Kier molecular flexibility index (Phi) is 6.50. The molecule has 0 spiro atoms. The quantitative estimate of drug-likeness (QED) is 0.532. The maximum Gasteiger partial charge on any atom is 0.244 e. The number of halogens is 2. The zero-order chi connectivity index (χ0) is 20.5. The van der Waals surface area contributed by atoms with Gasteiger partial charge in [-0.3, -0.25) is 0 Å². The van der Waals surface area contributed by atoms with Gasteiger partial charge in [-0.15, -0.1) is 0 Å². The predicted octanol–water partition coefficient (Wildman–Crippen LogP) is 4.65. The smallest absolute Gasteiger partial charge is 0.244 e. The number of hydrogen-bond acceptors (Lipinski definition) is 4. The Bertz CT molecular complexity index is 1000. The summed E-state index contributed by atoms with van der Waals surface area (Å²) in [7, 11) is -3.78. The molecule has 1 heterocycles. The molecule has 3 rings (SSSR count). The largest absolute Gasteiger partial charge is 0.306 e.